The molecule has 3 nitrogen and oxygen atoms in total. The summed E-state index contributed by atoms with van der Waals surface area (Å²) in [6.07, 6.45) is 0.825. The van der Waals surface area contributed by atoms with Gasteiger partial charge < -0.3 is 23.0 Å². The average Bonchev–Trinajstić information content (AvgIpc) is 2.48. The van der Waals surface area contributed by atoms with E-state index in [1.165, 1.54) is 0 Å². The van der Waals surface area contributed by atoms with Gasteiger partial charge in [-0.05, 0) is 18.2 Å². The fraction of sp³-hybridized carbons (Fsp3) is 0.300. The molecule has 0 aliphatic carbocycles. The third kappa shape index (κ3) is 2.43. The van der Waals surface area contributed by atoms with Gasteiger partial charge in [0.2, 0.25) is 0 Å². The van der Waals surface area contributed by atoms with Crippen LogP contribution >= 0.6 is 11.6 Å². The zero-order valence-electron chi connectivity index (χ0n) is 8.12. The number of carbonyl (C=O) groups excluding carboxylic acids is 1. The molecule has 2 rings (SSSR count). The summed E-state index contributed by atoms with van der Waals surface area (Å²) in [5, 5.41) is 0.655. The van der Waals surface area contributed by atoms with Crippen molar-refractivity contribution in [3.05, 3.63) is 29.3 Å². The summed E-state index contributed by atoms with van der Waals surface area (Å²) in [5.41, 5.74) is 4.66. The van der Waals surface area contributed by atoms with Crippen molar-refractivity contribution in [3.63, 3.8) is 0 Å². The van der Waals surface area contributed by atoms with Crippen LogP contribution in [0.4, 0.5) is 5.69 Å². The van der Waals surface area contributed by atoms with Gasteiger partial charge in [0.15, 0.2) is 6.04 Å². The Bertz CT molecular complexity index is 370. The lowest BCUT2D eigenvalue weighted by atomic mass is 10.3. The molecular formula is C10H12Cl2N2O. The second-order valence-corrected chi connectivity index (χ2v) is 3.89. The predicted molar refractivity (Wildman–Crippen MR) is 55.1 cm³/mol. The van der Waals surface area contributed by atoms with E-state index < -0.39 is 0 Å². The van der Waals surface area contributed by atoms with Crippen molar-refractivity contribution in [2.75, 3.05) is 11.4 Å². The Morgan fingerprint density at radius 1 is 1.47 bits per heavy atom. The number of nitrogens with zero attached hydrogens (tertiary/aromatic N) is 1. The van der Waals surface area contributed by atoms with Crippen LogP contribution in [-0.4, -0.2) is 18.5 Å². The monoisotopic (exact) mass is 246 g/mol. The minimum absolute atomic E-state index is 0. The molecule has 15 heavy (non-hydrogen) atoms. The average molecular weight is 247 g/mol. The van der Waals surface area contributed by atoms with Crippen LogP contribution in [0.2, 0.25) is 5.02 Å². The zero-order chi connectivity index (χ0) is 10.1. The highest BCUT2D eigenvalue weighted by Crippen LogP contribution is 2.23. The van der Waals surface area contributed by atoms with Gasteiger partial charge in [-0.3, -0.25) is 4.79 Å². The van der Waals surface area contributed by atoms with Crippen molar-refractivity contribution in [3.8, 4) is 0 Å². The van der Waals surface area contributed by atoms with Crippen molar-refractivity contribution in [2.24, 2.45) is 0 Å². The van der Waals surface area contributed by atoms with Gasteiger partial charge in [-0.2, -0.15) is 0 Å². The summed E-state index contributed by atoms with van der Waals surface area (Å²) < 4.78 is 0. The van der Waals surface area contributed by atoms with Crippen molar-refractivity contribution in [1.29, 1.82) is 0 Å². The molecule has 3 N–H and O–H groups in total. The van der Waals surface area contributed by atoms with Gasteiger partial charge in [0.25, 0.3) is 5.91 Å². The van der Waals surface area contributed by atoms with Crippen LogP contribution in [0, 0.1) is 0 Å². The second kappa shape index (κ2) is 4.84. The van der Waals surface area contributed by atoms with Crippen LogP contribution in [0.3, 0.4) is 0 Å². The van der Waals surface area contributed by atoms with Gasteiger partial charge in [0.05, 0.1) is 0 Å². The third-order valence-corrected chi connectivity index (χ3v) is 2.67. The second-order valence-electron chi connectivity index (χ2n) is 3.46. The summed E-state index contributed by atoms with van der Waals surface area (Å²) >= 11 is 5.85. The van der Waals surface area contributed by atoms with Gasteiger partial charge in [0.1, 0.15) is 0 Å². The fourth-order valence-electron chi connectivity index (χ4n) is 1.64. The minimum atomic E-state index is -0.103. The Morgan fingerprint density at radius 3 is 2.73 bits per heavy atom. The maximum Gasteiger partial charge on any atom is 0.285 e. The van der Waals surface area contributed by atoms with Crippen LogP contribution in [0.1, 0.15) is 6.42 Å². The van der Waals surface area contributed by atoms with E-state index in [0.29, 0.717) is 5.02 Å². The lowest BCUT2D eigenvalue weighted by Crippen LogP contribution is -3.00. The maximum absolute atomic E-state index is 11.6. The third-order valence-electron chi connectivity index (χ3n) is 2.44. The summed E-state index contributed by atoms with van der Waals surface area (Å²) in [5.74, 6) is 0.0901. The number of quaternary nitrogens is 1. The SMILES string of the molecule is [Cl-].[NH3+][C@H]1CCN(c2cccc(Cl)c2)C1=O. The van der Waals surface area contributed by atoms with E-state index >= 15 is 0 Å². The smallest absolute Gasteiger partial charge is 0.285 e. The highest BCUT2D eigenvalue weighted by molar-refractivity contribution is 6.30. The highest BCUT2D eigenvalue weighted by atomic mass is 35.5. The molecule has 0 unspecified atom stereocenters. The molecule has 1 aromatic carbocycles. The van der Waals surface area contributed by atoms with E-state index in [9.17, 15) is 4.79 Å². The van der Waals surface area contributed by atoms with E-state index in [2.05, 4.69) is 5.73 Å². The number of hydrogen-bond donors (Lipinski definition) is 1. The number of halogens is 2. The number of rotatable bonds is 1. The summed E-state index contributed by atoms with van der Waals surface area (Å²) in [6.45, 7) is 0.743. The molecule has 0 radical (unpaired) electrons. The molecule has 1 aliphatic heterocycles. The predicted octanol–water partition coefficient (Wildman–Crippen LogP) is -2.31. The summed E-state index contributed by atoms with van der Waals surface area (Å²) in [6, 6.07) is 7.24. The van der Waals surface area contributed by atoms with Crippen LogP contribution in [0.5, 0.6) is 0 Å². The van der Waals surface area contributed by atoms with E-state index in [4.69, 9.17) is 11.6 Å². The van der Waals surface area contributed by atoms with E-state index in [1.54, 1.807) is 17.0 Å². The first-order valence-corrected chi connectivity index (χ1v) is 4.96. The Labute approximate surface area is 99.6 Å². The van der Waals surface area contributed by atoms with Crippen molar-refractivity contribution >= 4 is 23.2 Å². The number of hydrogen-bond acceptors (Lipinski definition) is 1. The quantitative estimate of drug-likeness (QED) is 0.595. The molecule has 1 heterocycles. The summed E-state index contributed by atoms with van der Waals surface area (Å²) in [4.78, 5) is 13.4. The lowest BCUT2D eigenvalue weighted by molar-refractivity contribution is -0.400. The van der Waals surface area contributed by atoms with Crippen molar-refractivity contribution < 1.29 is 22.9 Å². The van der Waals surface area contributed by atoms with Gasteiger partial charge >= 0.3 is 0 Å². The van der Waals surface area contributed by atoms with Crippen LogP contribution < -0.4 is 23.0 Å². The first kappa shape index (κ1) is 12.3. The van der Waals surface area contributed by atoms with Crippen LogP contribution in [0.25, 0.3) is 0 Å². The minimum Gasteiger partial charge on any atom is -1.00 e. The largest absolute Gasteiger partial charge is 1.00 e. The fourth-order valence-corrected chi connectivity index (χ4v) is 1.82. The van der Waals surface area contributed by atoms with Crippen molar-refractivity contribution in [2.45, 2.75) is 12.5 Å². The van der Waals surface area contributed by atoms with Gasteiger partial charge in [-0.1, -0.05) is 17.7 Å². The number of amides is 1. The molecule has 0 aromatic heterocycles. The topological polar surface area (TPSA) is 48.0 Å². The number of benzene rings is 1. The molecule has 5 heteroatoms. The Hall–Kier alpha value is -0.770. The van der Waals surface area contributed by atoms with Crippen LogP contribution in [0.15, 0.2) is 24.3 Å². The molecule has 0 bridgehead atoms. The Morgan fingerprint density at radius 2 is 2.20 bits per heavy atom. The van der Waals surface area contributed by atoms with E-state index in [-0.39, 0.29) is 24.4 Å². The Kier molecular flexibility index (Phi) is 3.97. The van der Waals surface area contributed by atoms with Gasteiger partial charge in [-0.15, -0.1) is 0 Å². The molecule has 1 fully saturated rings. The zero-order valence-corrected chi connectivity index (χ0v) is 9.63. The Balaban J connectivity index is 0.00000112. The molecular weight excluding hydrogens is 235 g/mol. The standard InChI is InChI=1S/C10H11ClN2O.ClH/c11-7-2-1-3-8(6-7)13-5-4-9(12)10(13)14;/h1-3,6,9H,4-5,12H2;1H/t9-;/m0./s1. The van der Waals surface area contributed by atoms with Crippen molar-refractivity contribution in [1.82, 2.24) is 0 Å². The van der Waals surface area contributed by atoms with Crippen LogP contribution in [-0.2, 0) is 4.79 Å². The molecule has 0 saturated carbocycles. The molecule has 1 atom stereocenters. The summed E-state index contributed by atoms with van der Waals surface area (Å²) in [7, 11) is 0. The highest BCUT2D eigenvalue weighted by Gasteiger charge is 2.32. The lowest BCUT2D eigenvalue weighted by Gasteiger charge is -2.14. The first-order valence-electron chi connectivity index (χ1n) is 4.58. The maximum atomic E-state index is 11.6. The van der Waals surface area contributed by atoms with E-state index in [1.807, 2.05) is 12.1 Å². The molecule has 1 amide bonds. The normalized spacial score (nSPS) is 20.3. The molecule has 0 spiro atoms. The molecule has 1 aliphatic rings. The number of carbonyl (C=O) groups is 1. The van der Waals surface area contributed by atoms with Gasteiger partial charge in [-0.25, -0.2) is 0 Å². The van der Waals surface area contributed by atoms with Gasteiger partial charge in [0, 0.05) is 23.7 Å². The first-order chi connectivity index (χ1) is 6.68. The molecule has 1 saturated heterocycles. The number of anilines is 1. The molecule has 1 aromatic rings. The molecule has 82 valence electrons. The van der Waals surface area contributed by atoms with E-state index in [0.717, 1.165) is 18.7 Å².